The molecule has 0 saturated carbocycles. The molecule has 0 N–H and O–H groups in total. The lowest BCUT2D eigenvalue weighted by Gasteiger charge is -2.06. The Kier molecular flexibility index (Phi) is 9.35. The Morgan fingerprint density at radius 1 is 0.457 bits per heavy atom. The summed E-state index contributed by atoms with van der Waals surface area (Å²) in [6.07, 6.45) is 7.92. The maximum absolute atomic E-state index is 4.69. The van der Waals surface area contributed by atoms with Gasteiger partial charge in [-0.2, -0.15) is 0 Å². The fraction of sp³-hybridized carbons (Fsp3) is 0.105. The molecule has 8 heteroatoms. The van der Waals surface area contributed by atoms with Gasteiger partial charge in [-0.15, -0.1) is 32.9 Å². The highest BCUT2D eigenvalue weighted by molar-refractivity contribution is 7.98. The van der Waals surface area contributed by atoms with E-state index in [4.69, 9.17) is 0 Å². The van der Waals surface area contributed by atoms with Gasteiger partial charge >= 0.3 is 0 Å². The van der Waals surface area contributed by atoms with Crippen LogP contribution >= 0.6 is 23.5 Å². The van der Waals surface area contributed by atoms with Crippen LogP contribution in [-0.2, 0) is 24.6 Å². The topological polar surface area (TPSA) is 43.4 Å². The van der Waals surface area contributed by atoms with Crippen LogP contribution < -0.4 is 9.13 Å². The molecule has 5 aromatic carbocycles. The molecule has 2 aromatic heterocycles. The van der Waals surface area contributed by atoms with Crippen LogP contribution in [0.25, 0.3) is 11.4 Å². The fourth-order valence-corrected chi connectivity index (χ4v) is 7.34. The van der Waals surface area contributed by atoms with Gasteiger partial charge in [0.15, 0.2) is 0 Å². The van der Waals surface area contributed by atoms with E-state index in [2.05, 4.69) is 165 Å². The first kappa shape index (κ1) is 29.8. The molecule has 0 spiro atoms. The lowest BCUT2D eigenvalue weighted by molar-refractivity contribution is -0.599. The third-order valence-corrected chi connectivity index (χ3v) is 9.87. The van der Waals surface area contributed by atoms with Gasteiger partial charge in [0.2, 0.25) is 12.7 Å². The predicted octanol–water partition coefficient (Wildman–Crippen LogP) is 7.31. The molecule has 7 aromatic rings. The summed E-state index contributed by atoms with van der Waals surface area (Å²) in [5.74, 6) is 1.85. The number of rotatable bonds is 12. The number of hydrogen-bond acceptors (Lipinski definition) is 4. The molecule has 0 aliphatic rings. The van der Waals surface area contributed by atoms with Gasteiger partial charge in [0.05, 0.1) is 0 Å². The molecule has 226 valence electrons. The van der Waals surface area contributed by atoms with Crippen LogP contribution in [0.15, 0.2) is 169 Å². The molecule has 0 aliphatic heterocycles. The van der Waals surface area contributed by atoms with E-state index in [1.165, 1.54) is 32.0 Å². The lowest BCUT2D eigenvalue weighted by atomic mass is 10.1. The molecule has 46 heavy (non-hydrogen) atoms. The molecular formula is C38H34N6S2+2. The molecule has 0 atom stereocenters. The zero-order valence-electron chi connectivity index (χ0n) is 25.3. The highest BCUT2D eigenvalue weighted by Crippen LogP contribution is 2.27. The first-order valence-corrected chi connectivity index (χ1v) is 17.2. The van der Waals surface area contributed by atoms with Crippen molar-refractivity contribution in [3.63, 3.8) is 0 Å². The van der Waals surface area contributed by atoms with E-state index in [1.54, 1.807) is 0 Å². The van der Waals surface area contributed by atoms with E-state index in [9.17, 15) is 0 Å². The van der Waals surface area contributed by atoms with Crippen molar-refractivity contribution in [3.05, 3.63) is 181 Å². The average Bonchev–Trinajstić information content (AvgIpc) is 3.78. The Hall–Kier alpha value is -4.92. The van der Waals surface area contributed by atoms with Crippen LogP contribution in [0, 0.1) is 0 Å². The molecule has 0 radical (unpaired) electrons. The minimum absolute atomic E-state index is 0.686. The Morgan fingerprint density at radius 3 is 1.35 bits per heavy atom. The Morgan fingerprint density at radius 2 is 0.870 bits per heavy atom. The smallest absolute Gasteiger partial charge is 0.202 e. The van der Waals surface area contributed by atoms with Gasteiger partial charge in [0.1, 0.15) is 24.5 Å². The molecule has 0 amide bonds. The van der Waals surface area contributed by atoms with Gasteiger partial charge < -0.3 is 0 Å². The molecule has 0 aliphatic carbocycles. The van der Waals surface area contributed by atoms with E-state index >= 15 is 0 Å². The van der Waals surface area contributed by atoms with Crippen LogP contribution in [0.2, 0.25) is 0 Å². The van der Waals surface area contributed by atoms with Crippen molar-refractivity contribution in [1.29, 1.82) is 0 Å². The third kappa shape index (κ3) is 7.47. The van der Waals surface area contributed by atoms with Crippen molar-refractivity contribution in [3.8, 4) is 11.4 Å². The number of nitrogens with zero attached hydrogens (tertiary/aromatic N) is 6. The minimum Gasteiger partial charge on any atom is -0.202 e. The Labute approximate surface area is 278 Å². The Bertz CT molecular complexity index is 1880. The van der Waals surface area contributed by atoms with Crippen LogP contribution in [-0.4, -0.2) is 19.6 Å². The van der Waals surface area contributed by atoms with Gasteiger partial charge in [0, 0.05) is 31.5 Å². The monoisotopic (exact) mass is 638 g/mol. The van der Waals surface area contributed by atoms with Gasteiger partial charge in [-0.05, 0) is 52.6 Å². The van der Waals surface area contributed by atoms with Crippen molar-refractivity contribution in [2.45, 2.75) is 34.4 Å². The normalized spacial score (nSPS) is 11.1. The van der Waals surface area contributed by atoms with E-state index in [0.29, 0.717) is 13.1 Å². The second-order valence-corrected chi connectivity index (χ2v) is 13.0. The van der Waals surface area contributed by atoms with Crippen LogP contribution in [0.4, 0.5) is 0 Å². The van der Waals surface area contributed by atoms with E-state index < -0.39 is 0 Å². The second kappa shape index (κ2) is 14.5. The van der Waals surface area contributed by atoms with E-state index in [0.717, 1.165) is 22.9 Å². The quantitative estimate of drug-likeness (QED) is 0.104. The number of aromatic nitrogens is 6. The first-order valence-electron chi connectivity index (χ1n) is 15.2. The molecule has 6 nitrogen and oxygen atoms in total. The second-order valence-electron chi connectivity index (χ2n) is 11.0. The maximum Gasteiger partial charge on any atom is 0.270 e. The van der Waals surface area contributed by atoms with Crippen LogP contribution in [0.5, 0.6) is 0 Å². The minimum atomic E-state index is 0.686. The largest absolute Gasteiger partial charge is 0.270 e. The van der Waals surface area contributed by atoms with Crippen molar-refractivity contribution >= 4 is 23.5 Å². The van der Waals surface area contributed by atoms with Gasteiger partial charge in [0.25, 0.3) is 12.7 Å². The van der Waals surface area contributed by atoms with Crippen molar-refractivity contribution < 1.29 is 9.13 Å². The summed E-state index contributed by atoms with van der Waals surface area (Å²) in [4.78, 5) is 2.46. The summed E-state index contributed by atoms with van der Waals surface area (Å²) >= 11 is 3.69. The summed E-state index contributed by atoms with van der Waals surface area (Å²) < 4.78 is 8.19. The molecule has 0 saturated heterocycles. The summed E-state index contributed by atoms with van der Waals surface area (Å²) in [6, 6.07) is 46.8. The number of benzene rings is 5. The maximum atomic E-state index is 4.69. The van der Waals surface area contributed by atoms with Gasteiger partial charge in [-0.25, -0.2) is 9.13 Å². The molecule has 0 unspecified atom stereocenters. The highest BCUT2D eigenvalue weighted by Gasteiger charge is 2.15. The third-order valence-electron chi connectivity index (χ3n) is 7.61. The number of thioether (sulfide) groups is 2. The molecule has 0 fully saturated rings. The standard InChI is InChI=1S/C38H34N6S2/c1-3-12-31(13-4-1)25-45-37-20-9-7-18-35(37)41-27-39-43(29-41)23-33-16-11-17-34(22-33)24-44-30-42(28-40-44)36-19-8-10-21-38(36)46-26-32-14-5-2-6-15-32/h1-22,27-30H,23-26H2/q+2. The molecule has 2 heterocycles. The fourth-order valence-electron chi connectivity index (χ4n) is 5.32. The molecule has 0 bridgehead atoms. The van der Waals surface area contributed by atoms with Gasteiger partial charge in [-0.1, -0.05) is 103 Å². The van der Waals surface area contributed by atoms with E-state index in [1.807, 2.05) is 45.5 Å². The van der Waals surface area contributed by atoms with Crippen LogP contribution in [0.1, 0.15) is 22.3 Å². The molecule has 7 rings (SSSR count). The zero-order valence-corrected chi connectivity index (χ0v) is 27.0. The lowest BCUT2D eigenvalue weighted by Crippen LogP contribution is -2.28. The first-order chi connectivity index (χ1) is 22.8. The summed E-state index contributed by atoms with van der Waals surface area (Å²) in [6.45, 7) is 1.37. The SMILES string of the molecule is c1ccc(CSc2ccccc2-[n+]2cnn(Cc3cccc(Cn4c[n+](-c5ccccc5SCc5ccccc5)cn4)c3)c2)cc1. The van der Waals surface area contributed by atoms with Crippen molar-refractivity contribution in [2.24, 2.45) is 0 Å². The molecular weight excluding hydrogens is 605 g/mol. The predicted molar refractivity (Wildman–Crippen MR) is 184 cm³/mol. The number of hydrogen-bond donors (Lipinski definition) is 0. The summed E-state index contributed by atoms with van der Waals surface area (Å²) in [5, 5.41) is 9.38. The van der Waals surface area contributed by atoms with Crippen molar-refractivity contribution in [2.75, 3.05) is 0 Å². The van der Waals surface area contributed by atoms with Gasteiger partial charge in [-0.3, -0.25) is 0 Å². The summed E-state index contributed by atoms with van der Waals surface area (Å²) in [5.41, 5.74) is 7.29. The zero-order chi connectivity index (χ0) is 31.0. The van der Waals surface area contributed by atoms with Crippen LogP contribution in [0.3, 0.4) is 0 Å². The Balaban J connectivity index is 1.01. The average molecular weight is 639 g/mol. The number of para-hydroxylation sites is 2. The summed E-state index contributed by atoms with van der Waals surface area (Å²) in [7, 11) is 0. The van der Waals surface area contributed by atoms with E-state index in [-0.39, 0.29) is 0 Å². The highest BCUT2D eigenvalue weighted by atomic mass is 32.2. The van der Waals surface area contributed by atoms with Crippen molar-refractivity contribution in [1.82, 2.24) is 19.6 Å².